The highest BCUT2D eigenvalue weighted by atomic mass is 16.1. The summed E-state index contributed by atoms with van der Waals surface area (Å²) in [6, 6.07) is 23.1. The minimum absolute atomic E-state index is 0.0806. The first-order chi connectivity index (χ1) is 9.34. The lowest BCUT2D eigenvalue weighted by Gasteiger charge is -2.07. The summed E-state index contributed by atoms with van der Waals surface area (Å²) >= 11 is 0. The molecule has 19 heavy (non-hydrogen) atoms. The van der Waals surface area contributed by atoms with E-state index in [9.17, 15) is 4.79 Å². The standard InChI is InChI=1S/C17H13NO/c19-17(18-14-9-2-1-3-10-14)16-12-6-8-13-7-4-5-11-15(13)16/h1-12H,(H,18,19). The van der Waals surface area contributed by atoms with Crippen LogP contribution in [0.3, 0.4) is 0 Å². The van der Waals surface area contributed by atoms with Gasteiger partial charge >= 0.3 is 0 Å². The predicted octanol–water partition coefficient (Wildman–Crippen LogP) is 4.09. The van der Waals surface area contributed by atoms with Crippen molar-refractivity contribution in [3.05, 3.63) is 78.4 Å². The molecule has 0 atom stereocenters. The third-order valence-electron chi connectivity index (χ3n) is 3.07. The fourth-order valence-corrected chi connectivity index (χ4v) is 2.14. The highest BCUT2D eigenvalue weighted by molar-refractivity contribution is 6.12. The zero-order chi connectivity index (χ0) is 13.1. The van der Waals surface area contributed by atoms with Crippen molar-refractivity contribution in [3.63, 3.8) is 0 Å². The Bertz CT molecular complexity index is 714. The number of hydrogen-bond acceptors (Lipinski definition) is 1. The fourth-order valence-electron chi connectivity index (χ4n) is 2.14. The summed E-state index contributed by atoms with van der Waals surface area (Å²) in [7, 11) is 0. The molecule has 0 aliphatic rings. The molecule has 2 nitrogen and oxygen atoms in total. The average molecular weight is 247 g/mol. The molecule has 0 saturated heterocycles. The maximum absolute atomic E-state index is 12.3. The maximum Gasteiger partial charge on any atom is 0.256 e. The molecule has 0 bridgehead atoms. The second kappa shape index (κ2) is 4.94. The molecule has 3 rings (SSSR count). The molecule has 92 valence electrons. The van der Waals surface area contributed by atoms with Gasteiger partial charge in [-0.2, -0.15) is 0 Å². The van der Waals surface area contributed by atoms with Crippen LogP contribution in [0.4, 0.5) is 5.69 Å². The van der Waals surface area contributed by atoms with E-state index >= 15 is 0 Å². The molecule has 0 fully saturated rings. The number of carbonyl (C=O) groups excluding carboxylic acids is 1. The van der Waals surface area contributed by atoms with E-state index in [1.165, 1.54) is 0 Å². The molecule has 2 heteroatoms. The van der Waals surface area contributed by atoms with Gasteiger partial charge in [0, 0.05) is 11.3 Å². The topological polar surface area (TPSA) is 29.1 Å². The van der Waals surface area contributed by atoms with Gasteiger partial charge in [0.05, 0.1) is 0 Å². The normalized spacial score (nSPS) is 10.3. The number of benzene rings is 3. The van der Waals surface area contributed by atoms with Gasteiger partial charge in [0.1, 0.15) is 0 Å². The third-order valence-corrected chi connectivity index (χ3v) is 3.07. The summed E-state index contributed by atoms with van der Waals surface area (Å²) in [6.45, 7) is 0. The van der Waals surface area contributed by atoms with E-state index in [0.29, 0.717) is 5.56 Å². The average Bonchev–Trinajstić information content (AvgIpc) is 2.47. The van der Waals surface area contributed by atoms with Gasteiger partial charge < -0.3 is 5.32 Å². The quantitative estimate of drug-likeness (QED) is 0.726. The summed E-state index contributed by atoms with van der Waals surface area (Å²) in [5.41, 5.74) is 1.50. The third kappa shape index (κ3) is 2.33. The Kier molecular flexibility index (Phi) is 2.99. The molecule has 1 N–H and O–H groups in total. The molecule has 0 radical (unpaired) electrons. The lowest BCUT2D eigenvalue weighted by atomic mass is 10.0. The number of amides is 1. The van der Waals surface area contributed by atoms with Gasteiger partial charge in [-0.15, -0.1) is 0 Å². The van der Waals surface area contributed by atoms with E-state index in [1.54, 1.807) is 0 Å². The van der Waals surface area contributed by atoms with Gasteiger partial charge in [-0.3, -0.25) is 4.79 Å². The highest BCUT2D eigenvalue weighted by Gasteiger charge is 2.09. The van der Waals surface area contributed by atoms with E-state index in [0.717, 1.165) is 16.5 Å². The van der Waals surface area contributed by atoms with Gasteiger partial charge in [-0.1, -0.05) is 54.6 Å². The lowest BCUT2D eigenvalue weighted by molar-refractivity contribution is 0.102. The number of rotatable bonds is 2. The first kappa shape index (κ1) is 11.5. The number of nitrogens with one attached hydrogen (secondary N) is 1. The summed E-state index contributed by atoms with van der Waals surface area (Å²) in [4.78, 5) is 12.3. The fraction of sp³-hybridized carbons (Fsp3) is 0. The van der Waals surface area contributed by atoms with Crippen LogP contribution in [0.15, 0.2) is 72.8 Å². The molecule has 3 aromatic carbocycles. The Labute approximate surface area is 111 Å². The van der Waals surface area contributed by atoms with Crippen molar-refractivity contribution in [2.75, 3.05) is 5.32 Å². The van der Waals surface area contributed by atoms with E-state index in [1.807, 2.05) is 72.8 Å². The Balaban J connectivity index is 1.98. The molecule has 0 aliphatic heterocycles. The van der Waals surface area contributed by atoms with Crippen molar-refractivity contribution in [2.24, 2.45) is 0 Å². The Hall–Kier alpha value is -2.61. The van der Waals surface area contributed by atoms with Crippen LogP contribution in [0.25, 0.3) is 10.8 Å². The summed E-state index contributed by atoms with van der Waals surface area (Å²) in [6.07, 6.45) is 0. The first-order valence-corrected chi connectivity index (χ1v) is 6.19. The number of carbonyl (C=O) groups is 1. The van der Waals surface area contributed by atoms with E-state index in [-0.39, 0.29) is 5.91 Å². The van der Waals surface area contributed by atoms with Crippen LogP contribution in [0.5, 0.6) is 0 Å². The van der Waals surface area contributed by atoms with Crippen molar-refractivity contribution < 1.29 is 4.79 Å². The van der Waals surface area contributed by atoms with Gasteiger partial charge in [-0.25, -0.2) is 0 Å². The molecule has 0 aliphatic carbocycles. The Morgan fingerprint density at radius 1 is 0.737 bits per heavy atom. The molecule has 0 saturated carbocycles. The summed E-state index contributed by atoms with van der Waals surface area (Å²) in [5.74, 6) is -0.0806. The van der Waals surface area contributed by atoms with Gasteiger partial charge in [0.2, 0.25) is 0 Å². The SMILES string of the molecule is O=C(Nc1ccccc1)c1cccc2ccccc12. The minimum Gasteiger partial charge on any atom is -0.322 e. The van der Waals surface area contributed by atoms with Crippen LogP contribution < -0.4 is 5.32 Å². The van der Waals surface area contributed by atoms with Crippen LogP contribution >= 0.6 is 0 Å². The monoisotopic (exact) mass is 247 g/mol. The van der Waals surface area contributed by atoms with Crippen LogP contribution in [-0.2, 0) is 0 Å². The molecular formula is C17H13NO. The van der Waals surface area contributed by atoms with Crippen LogP contribution in [0.1, 0.15) is 10.4 Å². The van der Waals surface area contributed by atoms with E-state index in [2.05, 4.69) is 5.32 Å². The zero-order valence-electron chi connectivity index (χ0n) is 10.3. The molecule has 1 amide bonds. The Morgan fingerprint density at radius 2 is 1.42 bits per heavy atom. The molecule has 0 spiro atoms. The number of hydrogen-bond donors (Lipinski definition) is 1. The number of fused-ring (bicyclic) bond motifs is 1. The van der Waals surface area contributed by atoms with E-state index in [4.69, 9.17) is 0 Å². The van der Waals surface area contributed by atoms with Gasteiger partial charge in [0.25, 0.3) is 5.91 Å². The highest BCUT2D eigenvalue weighted by Crippen LogP contribution is 2.19. The summed E-state index contributed by atoms with van der Waals surface area (Å²) < 4.78 is 0. The largest absolute Gasteiger partial charge is 0.322 e. The predicted molar refractivity (Wildman–Crippen MR) is 78.3 cm³/mol. The number of para-hydroxylation sites is 1. The van der Waals surface area contributed by atoms with Crippen molar-refractivity contribution in [3.8, 4) is 0 Å². The smallest absolute Gasteiger partial charge is 0.256 e. The second-order valence-electron chi connectivity index (χ2n) is 4.35. The van der Waals surface area contributed by atoms with Crippen molar-refractivity contribution in [1.29, 1.82) is 0 Å². The van der Waals surface area contributed by atoms with E-state index < -0.39 is 0 Å². The van der Waals surface area contributed by atoms with Crippen LogP contribution in [-0.4, -0.2) is 5.91 Å². The van der Waals surface area contributed by atoms with Gasteiger partial charge in [-0.05, 0) is 29.0 Å². The second-order valence-corrected chi connectivity index (χ2v) is 4.35. The zero-order valence-corrected chi connectivity index (χ0v) is 10.3. The maximum atomic E-state index is 12.3. The van der Waals surface area contributed by atoms with Crippen molar-refractivity contribution >= 4 is 22.4 Å². The van der Waals surface area contributed by atoms with Crippen LogP contribution in [0.2, 0.25) is 0 Å². The summed E-state index contributed by atoms with van der Waals surface area (Å²) in [5, 5.41) is 4.95. The van der Waals surface area contributed by atoms with Crippen molar-refractivity contribution in [2.45, 2.75) is 0 Å². The first-order valence-electron chi connectivity index (χ1n) is 6.19. The number of anilines is 1. The molecule has 0 heterocycles. The van der Waals surface area contributed by atoms with Crippen LogP contribution in [0, 0.1) is 0 Å². The molecule has 0 aromatic heterocycles. The Morgan fingerprint density at radius 3 is 2.26 bits per heavy atom. The van der Waals surface area contributed by atoms with Gasteiger partial charge in [0.15, 0.2) is 0 Å². The molecule has 3 aromatic rings. The minimum atomic E-state index is -0.0806. The molecule has 0 unspecified atom stereocenters. The van der Waals surface area contributed by atoms with Crippen molar-refractivity contribution in [1.82, 2.24) is 0 Å². The lowest BCUT2D eigenvalue weighted by Crippen LogP contribution is -2.12. The molecular weight excluding hydrogens is 234 g/mol.